The number of likely N-dealkylation sites (N-methyl/N-ethyl adjacent to an activating group) is 2. The Bertz CT molecular complexity index is 1220. The molecule has 1 aromatic carbocycles. The second kappa shape index (κ2) is 16.7. The average Bonchev–Trinajstić information content (AvgIpc) is 3.03. The fourth-order valence-electron chi connectivity index (χ4n) is 6.94. The standard InChI is InChI=1S/C37H58N2O8/c1-12-13-19-28-23-44-35(42)36(5,6)31(40)26(4)32(37(7,43-11)21-24(2)22-39(28)10)47-34-30(29(38(8)9)20-25(3)45-34)46-33(41)27-17-15-14-16-18-27/h13-19,24-26,28-30,32,34H,12,20-23H2,1-11H3/b19-13+/t24-,25-,26+,28-,29+,30-,32-,34+,37-/m1/s1. The van der Waals surface area contributed by atoms with Crippen molar-refractivity contribution >= 4 is 17.7 Å². The SMILES string of the molecule is CC/C=C/[C@@H]1COC(=O)C(C)(C)C(=O)[C@H](C)[C@@H](O[C@@H]2O[C@H](C)C[C@H](N(C)C)[C@H]2OC(=O)c2ccccc2)[C@](C)(OC)C[C@@H](C)CN1C. The highest BCUT2D eigenvalue weighted by Gasteiger charge is 2.52. The third-order valence-corrected chi connectivity index (χ3v) is 9.74. The quantitative estimate of drug-likeness (QED) is 0.212. The van der Waals surface area contributed by atoms with Gasteiger partial charge in [-0.1, -0.05) is 51.1 Å². The van der Waals surface area contributed by atoms with E-state index in [4.69, 9.17) is 23.7 Å². The number of ketones is 1. The molecular weight excluding hydrogens is 600 g/mol. The molecule has 0 aliphatic carbocycles. The van der Waals surface area contributed by atoms with E-state index in [1.54, 1.807) is 52.1 Å². The summed E-state index contributed by atoms with van der Waals surface area (Å²) in [6.45, 7) is 13.9. The highest BCUT2D eigenvalue weighted by molar-refractivity contribution is 6.04. The summed E-state index contributed by atoms with van der Waals surface area (Å²) in [4.78, 5) is 45.4. The number of ether oxygens (including phenoxy) is 5. The lowest BCUT2D eigenvalue weighted by atomic mass is 9.74. The summed E-state index contributed by atoms with van der Waals surface area (Å²) >= 11 is 0. The minimum Gasteiger partial charge on any atom is -0.463 e. The molecule has 0 spiro atoms. The second-order valence-electron chi connectivity index (χ2n) is 14.4. The van der Waals surface area contributed by atoms with Crippen LogP contribution >= 0.6 is 0 Å². The smallest absolute Gasteiger partial charge is 0.338 e. The van der Waals surface area contributed by atoms with Crippen LogP contribution in [0.2, 0.25) is 0 Å². The monoisotopic (exact) mass is 658 g/mol. The summed E-state index contributed by atoms with van der Waals surface area (Å²) in [5, 5.41) is 0. The fourth-order valence-corrected chi connectivity index (χ4v) is 6.94. The zero-order chi connectivity index (χ0) is 35.1. The van der Waals surface area contributed by atoms with Gasteiger partial charge < -0.3 is 28.6 Å². The number of methoxy groups -OCH3 is 1. The molecule has 47 heavy (non-hydrogen) atoms. The third kappa shape index (κ3) is 9.50. The molecule has 10 heteroatoms. The van der Waals surface area contributed by atoms with Gasteiger partial charge in [-0.05, 0) is 86.2 Å². The van der Waals surface area contributed by atoms with Crippen LogP contribution in [-0.4, -0.2) is 111 Å². The fraction of sp³-hybridized carbons (Fsp3) is 0.703. The van der Waals surface area contributed by atoms with Gasteiger partial charge in [0.15, 0.2) is 18.2 Å². The largest absolute Gasteiger partial charge is 0.463 e. The first kappa shape index (κ1) is 38.8. The van der Waals surface area contributed by atoms with Gasteiger partial charge in [0.05, 0.1) is 35.5 Å². The Morgan fingerprint density at radius 3 is 2.36 bits per heavy atom. The number of rotatable bonds is 8. The van der Waals surface area contributed by atoms with Crippen molar-refractivity contribution in [2.45, 2.75) is 110 Å². The lowest BCUT2D eigenvalue weighted by Gasteiger charge is -2.47. The number of hydrogen-bond donors (Lipinski definition) is 0. The molecule has 2 fully saturated rings. The molecule has 9 atom stereocenters. The molecule has 2 saturated heterocycles. The first-order valence-electron chi connectivity index (χ1n) is 16.9. The van der Waals surface area contributed by atoms with Crippen molar-refractivity contribution < 1.29 is 38.1 Å². The molecule has 0 saturated carbocycles. The van der Waals surface area contributed by atoms with Crippen molar-refractivity contribution in [1.82, 2.24) is 9.80 Å². The van der Waals surface area contributed by atoms with Crippen molar-refractivity contribution in [3.63, 3.8) is 0 Å². The predicted molar refractivity (Wildman–Crippen MR) is 181 cm³/mol. The van der Waals surface area contributed by atoms with Crippen molar-refractivity contribution in [2.24, 2.45) is 17.3 Å². The van der Waals surface area contributed by atoms with Crippen molar-refractivity contribution in [3.8, 4) is 0 Å². The normalized spacial score (nSPS) is 34.7. The highest BCUT2D eigenvalue weighted by Crippen LogP contribution is 2.39. The molecule has 0 radical (unpaired) electrons. The number of allylic oxidation sites excluding steroid dienone is 1. The van der Waals surface area contributed by atoms with Gasteiger partial charge in [-0.2, -0.15) is 0 Å². The van der Waals surface area contributed by atoms with Crippen molar-refractivity contribution in [1.29, 1.82) is 0 Å². The van der Waals surface area contributed by atoms with E-state index in [0.29, 0.717) is 24.9 Å². The summed E-state index contributed by atoms with van der Waals surface area (Å²) in [5.41, 5.74) is -2.03. The van der Waals surface area contributed by atoms with Gasteiger partial charge in [0.1, 0.15) is 12.0 Å². The van der Waals surface area contributed by atoms with E-state index in [2.05, 4.69) is 30.9 Å². The molecule has 1 aromatic rings. The van der Waals surface area contributed by atoms with Crippen LogP contribution in [0.5, 0.6) is 0 Å². The average molecular weight is 659 g/mol. The Morgan fingerprint density at radius 1 is 1.11 bits per heavy atom. The van der Waals surface area contributed by atoms with Gasteiger partial charge in [0, 0.05) is 19.6 Å². The third-order valence-electron chi connectivity index (χ3n) is 9.74. The zero-order valence-corrected chi connectivity index (χ0v) is 30.4. The van der Waals surface area contributed by atoms with Gasteiger partial charge in [-0.3, -0.25) is 14.5 Å². The molecule has 0 amide bonds. The molecule has 0 unspecified atom stereocenters. The maximum atomic E-state index is 14.3. The Morgan fingerprint density at radius 2 is 1.77 bits per heavy atom. The summed E-state index contributed by atoms with van der Waals surface area (Å²) in [6, 6.07) is 8.44. The molecule has 2 aliphatic rings. The molecule has 2 heterocycles. The van der Waals surface area contributed by atoms with Crippen LogP contribution in [0.25, 0.3) is 0 Å². The number of esters is 2. The molecule has 3 rings (SSSR count). The summed E-state index contributed by atoms with van der Waals surface area (Å²) in [5.74, 6) is -2.12. The first-order valence-corrected chi connectivity index (χ1v) is 16.9. The number of benzene rings is 1. The maximum absolute atomic E-state index is 14.3. The first-order chi connectivity index (χ1) is 22.0. The van der Waals surface area contributed by atoms with Gasteiger partial charge in [0.2, 0.25) is 0 Å². The number of carbonyl (C=O) groups excluding carboxylic acids is 3. The number of Topliss-reactive ketones (excluding diaryl/α,β-unsaturated/α-hetero) is 1. The number of hydrogen-bond acceptors (Lipinski definition) is 10. The topological polar surface area (TPSA) is 104 Å². The molecule has 0 aromatic heterocycles. The lowest BCUT2D eigenvalue weighted by Crippen LogP contribution is -2.60. The Hall–Kier alpha value is -2.63. The van der Waals surface area contributed by atoms with Crippen molar-refractivity contribution in [2.75, 3.05) is 41.4 Å². The van der Waals surface area contributed by atoms with E-state index >= 15 is 0 Å². The van der Waals surface area contributed by atoms with E-state index in [1.807, 2.05) is 46.0 Å². The number of nitrogens with zero attached hydrogens (tertiary/aromatic N) is 2. The minimum atomic E-state index is -1.46. The van der Waals surface area contributed by atoms with Crippen LogP contribution in [0.4, 0.5) is 0 Å². The van der Waals surface area contributed by atoms with E-state index in [9.17, 15) is 14.4 Å². The Labute approximate surface area is 282 Å². The molecular formula is C37H58N2O8. The molecule has 10 nitrogen and oxygen atoms in total. The predicted octanol–water partition coefficient (Wildman–Crippen LogP) is 5.15. The van der Waals surface area contributed by atoms with E-state index in [1.165, 1.54) is 0 Å². The highest BCUT2D eigenvalue weighted by atomic mass is 16.7. The Kier molecular flexibility index (Phi) is 13.8. The Balaban J connectivity index is 2.08. The lowest BCUT2D eigenvalue weighted by molar-refractivity contribution is -0.295. The minimum absolute atomic E-state index is 0.104. The van der Waals surface area contributed by atoms with Gasteiger partial charge in [0.25, 0.3) is 0 Å². The van der Waals surface area contributed by atoms with Crippen LogP contribution in [0, 0.1) is 17.3 Å². The molecule has 0 N–H and O–H groups in total. The van der Waals surface area contributed by atoms with Gasteiger partial charge in [-0.15, -0.1) is 0 Å². The second-order valence-corrected chi connectivity index (χ2v) is 14.4. The number of cyclic esters (lactones) is 1. The summed E-state index contributed by atoms with van der Waals surface area (Å²) < 4.78 is 31.5. The van der Waals surface area contributed by atoms with Gasteiger partial charge in [-0.25, -0.2) is 4.79 Å². The van der Waals surface area contributed by atoms with Crippen LogP contribution in [0.3, 0.4) is 0 Å². The van der Waals surface area contributed by atoms with E-state index < -0.39 is 47.4 Å². The van der Waals surface area contributed by atoms with E-state index in [0.717, 1.165) is 6.42 Å². The summed E-state index contributed by atoms with van der Waals surface area (Å²) in [6.07, 6.45) is 3.21. The number of carbonyl (C=O) groups is 3. The van der Waals surface area contributed by atoms with Crippen molar-refractivity contribution in [3.05, 3.63) is 48.0 Å². The molecule has 2 aliphatic heterocycles. The van der Waals surface area contributed by atoms with Crippen LogP contribution in [0.1, 0.15) is 78.1 Å². The molecule has 0 bridgehead atoms. The van der Waals surface area contributed by atoms with Crippen LogP contribution < -0.4 is 0 Å². The summed E-state index contributed by atoms with van der Waals surface area (Å²) in [7, 11) is 7.50. The van der Waals surface area contributed by atoms with Crippen LogP contribution in [-0.2, 0) is 33.3 Å². The maximum Gasteiger partial charge on any atom is 0.338 e. The zero-order valence-electron chi connectivity index (χ0n) is 30.4. The van der Waals surface area contributed by atoms with E-state index in [-0.39, 0.29) is 36.5 Å². The van der Waals surface area contributed by atoms with Crippen LogP contribution in [0.15, 0.2) is 42.5 Å². The molecule has 264 valence electrons. The van der Waals surface area contributed by atoms with Gasteiger partial charge >= 0.3 is 11.9 Å².